The van der Waals surface area contributed by atoms with Crippen LogP contribution >= 0.6 is 15.9 Å². The molecule has 1 N–H and O–H groups in total. The van der Waals surface area contributed by atoms with E-state index < -0.39 is 5.97 Å². The summed E-state index contributed by atoms with van der Waals surface area (Å²) in [5.74, 6) is -1.19. The molecule has 0 fully saturated rings. The number of benzene rings is 1. The number of amides is 1. The number of rotatable bonds is 7. The number of carbonyl (C=O) groups excluding carboxylic acids is 1. The summed E-state index contributed by atoms with van der Waals surface area (Å²) in [6, 6.07) is 7.51. The zero-order valence-corrected chi connectivity index (χ0v) is 13.2. The molecule has 0 aliphatic carbocycles. The standard InChI is InChI=1S/C13H14BrN5O3/c14-11-3-1-2-10(6-11)7-18(5-4-13(21)22)12(20)8-19-9-15-16-17-19/h1-3,6,9H,4-5,7-8H2,(H,21,22). The van der Waals surface area contributed by atoms with Crippen molar-refractivity contribution in [1.82, 2.24) is 25.1 Å². The monoisotopic (exact) mass is 367 g/mol. The van der Waals surface area contributed by atoms with Crippen molar-refractivity contribution >= 4 is 27.8 Å². The summed E-state index contributed by atoms with van der Waals surface area (Å²) in [4.78, 5) is 24.6. The maximum absolute atomic E-state index is 12.3. The lowest BCUT2D eigenvalue weighted by molar-refractivity contribution is -0.139. The fourth-order valence-corrected chi connectivity index (χ4v) is 2.32. The highest BCUT2D eigenvalue weighted by atomic mass is 79.9. The Morgan fingerprint density at radius 3 is 2.82 bits per heavy atom. The first kappa shape index (κ1) is 16.1. The normalized spacial score (nSPS) is 10.4. The van der Waals surface area contributed by atoms with Gasteiger partial charge in [-0.05, 0) is 28.1 Å². The summed E-state index contributed by atoms with van der Waals surface area (Å²) in [5, 5.41) is 19.4. The van der Waals surface area contributed by atoms with Gasteiger partial charge in [0, 0.05) is 17.6 Å². The van der Waals surface area contributed by atoms with Crippen LogP contribution in [0.1, 0.15) is 12.0 Å². The van der Waals surface area contributed by atoms with Gasteiger partial charge < -0.3 is 10.0 Å². The Bertz CT molecular complexity index is 647. The quantitative estimate of drug-likeness (QED) is 0.781. The second kappa shape index (κ2) is 7.64. The Morgan fingerprint density at radius 1 is 1.36 bits per heavy atom. The molecule has 0 saturated carbocycles. The van der Waals surface area contributed by atoms with Crippen LogP contribution in [0.25, 0.3) is 0 Å². The van der Waals surface area contributed by atoms with Crippen LogP contribution in [-0.4, -0.2) is 48.6 Å². The topological polar surface area (TPSA) is 101 Å². The van der Waals surface area contributed by atoms with E-state index in [2.05, 4.69) is 31.5 Å². The Labute approximate surface area is 134 Å². The zero-order chi connectivity index (χ0) is 15.9. The number of tetrazole rings is 1. The second-order valence-electron chi connectivity index (χ2n) is 4.60. The summed E-state index contributed by atoms with van der Waals surface area (Å²) in [7, 11) is 0. The molecule has 1 amide bonds. The molecule has 9 heteroatoms. The molecule has 0 unspecified atom stereocenters. The maximum Gasteiger partial charge on any atom is 0.305 e. The van der Waals surface area contributed by atoms with Crippen molar-refractivity contribution in [2.45, 2.75) is 19.5 Å². The number of aliphatic carboxylic acids is 1. The Morgan fingerprint density at radius 2 is 2.18 bits per heavy atom. The minimum Gasteiger partial charge on any atom is -0.481 e. The van der Waals surface area contributed by atoms with Crippen LogP contribution in [0.2, 0.25) is 0 Å². The molecule has 0 spiro atoms. The molecular formula is C13H14BrN5O3. The van der Waals surface area contributed by atoms with Crippen molar-refractivity contribution in [1.29, 1.82) is 0 Å². The Hall–Kier alpha value is -2.29. The summed E-state index contributed by atoms with van der Waals surface area (Å²) in [6.07, 6.45) is 1.22. The highest BCUT2D eigenvalue weighted by Crippen LogP contribution is 2.14. The van der Waals surface area contributed by atoms with Crippen molar-refractivity contribution in [2.75, 3.05) is 6.54 Å². The molecule has 0 bridgehead atoms. The van der Waals surface area contributed by atoms with Crippen LogP contribution < -0.4 is 0 Å². The number of hydrogen-bond acceptors (Lipinski definition) is 5. The average Bonchev–Trinajstić information content (AvgIpc) is 2.96. The van der Waals surface area contributed by atoms with E-state index in [9.17, 15) is 9.59 Å². The number of hydrogen-bond donors (Lipinski definition) is 1. The first-order valence-electron chi connectivity index (χ1n) is 6.49. The first-order chi connectivity index (χ1) is 10.5. The van der Waals surface area contributed by atoms with E-state index in [0.29, 0.717) is 6.54 Å². The lowest BCUT2D eigenvalue weighted by atomic mass is 10.2. The number of nitrogens with zero attached hydrogens (tertiary/aromatic N) is 5. The van der Waals surface area contributed by atoms with E-state index in [-0.39, 0.29) is 25.4 Å². The SMILES string of the molecule is O=C(O)CCN(Cc1cccc(Br)c1)C(=O)Cn1cnnn1. The van der Waals surface area contributed by atoms with Crippen LogP contribution in [0.4, 0.5) is 0 Å². The van der Waals surface area contributed by atoms with Gasteiger partial charge in [-0.1, -0.05) is 28.1 Å². The van der Waals surface area contributed by atoms with Gasteiger partial charge in [0.05, 0.1) is 6.42 Å². The van der Waals surface area contributed by atoms with E-state index in [0.717, 1.165) is 10.0 Å². The summed E-state index contributed by atoms with van der Waals surface area (Å²) >= 11 is 3.37. The molecule has 116 valence electrons. The van der Waals surface area contributed by atoms with Gasteiger partial charge in [-0.3, -0.25) is 9.59 Å². The minimum absolute atomic E-state index is 0.0272. The van der Waals surface area contributed by atoms with Gasteiger partial charge in [0.25, 0.3) is 0 Å². The molecule has 0 saturated heterocycles. The van der Waals surface area contributed by atoms with Crippen molar-refractivity contribution in [3.63, 3.8) is 0 Å². The maximum atomic E-state index is 12.3. The summed E-state index contributed by atoms with van der Waals surface area (Å²) in [5.41, 5.74) is 0.907. The van der Waals surface area contributed by atoms with Gasteiger partial charge >= 0.3 is 5.97 Å². The molecular weight excluding hydrogens is 354 g/mol. The fraction of sp³-hybridized carbons (Fsp3) is 0.308. The van der Waals surface area contributed by atoms with Crippen molar-refractivity contribution < 1.29 is 14.7 Å². The lowest BCUT2D eigenvalue weighted by Gasteiger charge is -2.22. The van der Waals surface area contributed by atoms with Gasteiger partial charge in [-0.15, -0.1) is 5.10 Å². The van der Waals surface area contributed by atoms with Crippen LogP contribution in [-0.2, 0) is 22.7 Å². The highest BCUT2D eigenvalue weighted by molar-refractivity contribution is 9.10. The van der Waals surface area contributed by atoms with Gasteiger partial charge in [-0.2, -0.15) is 0 Å². The third-order valence-corrected chi connectivity index (χ3v) is 3.39. The van der Waals surface area contributed by atoms with Crippen molar-refractivity contribution in [3.8, 4) is 0 Å². The minimum atomic E-state index is -0.950. The smallest absolute Gasteiger partial charge is 0.305 e. The molecule has 2 aromatic rings. The largest absolute Gasteiger partial charge is 0.481 e. The van der Waals surface area contributed by atoms with Gasteiger partial charge in [-0.25, -0.2) is 4.68 Å². The van der Waals surface area contributed by atoms with E-state index in [1.807, 2.05) is 24.3 Å². The number of carboxylic acid groups (broad SMARTS) is 1. The number of aromatic nitrogens is 4. The molecule has 2 rings (SSSR count). The molecule has 8 nitrogen and oxygen atoms in total. The molecule has 0 aliphatic heterocycles. The van der Waals surface area contributed by atoms with Gasteiger partial charge in [0.15, 0.2) is 0 Å². The first-order valence-corrected chi connectivity index (χ1v) is 7.28. The predicted molar refractivity (Wildman–Crippen MR) is 79.6 cm³/mol. The average molecular weight is 368 g/mol. The van der Waals surface area contributed by atoms with Gasteiger partial charge in [0.1, 0.15) is 12.9 Å². The lowest BCUT2D eigenvalue weighted by Crippen LogP contribution is -2.35. The van der Waals surface area contributed by atoms with Crippen molar-refractivity contribution in [2.24, 2.45) is 0 Å². The number of carbonyl (C=O) groups is 2. The van der Waals surface area contributed by atoms with E-state index in [1.54, 1.807) is 0 Å². The Balaban J connectivity index is 2.07. The molecule has 1 aromatic heterocycles. The fourth-order valence-electron chi connectivity index (χ4n) is 1.87. The summed E-state index contributed by atoms with van der Waals surface area (Å²) < 4.78 is 2.20. The number of halogens is 1. The van der Waals surface area contributed by atoms with Crippen LogP contribution in [0, 0.1) is 0 Å². The number of carboxylic acids is 1. The Kier molecular flexibility index (Phi) is 5.59. The van der Waals surface area contributed by atoms with E-state index in [1.165, 1.54) is 15.9 Å². The molecule has 1 aromatic carbocycles. The molecule has 0 radical (unpaired) electrons. The van der Waals surface area contributed by atoms with Crippen LogP contribution in [0.5, 0.6) is 0 Å². The van der Waals surface area contributed by atoms with E-state index >= 15 is 0 Å². The molecule has 0 atom stereocenters. The van der Waals surface area contributed by atoms with Crippen LogP contribution in [0.15, 0.2) is 35.1 Å². The highest BCUT2D eigenvalue weighted by Gasteiger charge is 2.16. The second-order valence-corrected chi connectivity index (χ2v) is 5.51. The van der Waals surface area contributed by atoms with E-state index in [4.69, 9.17) is 5.11 Å². The molecule has 22 heavy (non-hydrogen) atoms. The molecule has 0 aliphatic rings. The predicted octanol–water partition coefficient (Wildman–Crippen LogP) is 0.939. The summed E-state index contributed by atoms with van der Waals surface area (Å²) in [6.45, 7) is 0.428. The molecule has 1 heterocycles. The third-order valence-electron chi connectivity index (χ3n) is 2.90. The zero-order valence-electron chi connectivity index (χ0n) is 11.6. The third kappa shape index (κ3) is 4.92. The van der Waals surface area contributed by atoms with Gasteiger partial charge in [0.2, 0.25) is 5.91 Å². The van der Waals surface area contributed by atoms with Crippen molar-refractivity contribution in [3.05, 3.63) is 40.6 Å². The van der Waals surface area contributed by atoms with Crippen LogP contribution in [0.3, 0.4) is 0 Å².